The van der Waals surface area contributed by atoms with Crippen LogP contribution in [0, 0.1) is 0 Å². The molecule has 0 heterocycles. The monoisotopic (exact) mass is 969 g/mol. The van der Waals surface area contributed by atoms with Gasteiger partial charge in [-0.1, -0.05) is 295 Å². The van der Waals surface area contributed by atoms with E-state index in [0.29, 0.717) is 19.3 Å². The molecule has 1 atom stereocenters. The van der Waals surface area contributed by atoms with E-state index in [1.807, 2.05) is 0 Å². The maximum Gasteiger partial charge on any atom is 0.306 e. The Morgan fingerprint density at radius 2 is 0.565 bits per heavy atom. The van der Waals surface area contributed by atoms with E-state index in [4.69, 9.17) is 14.2 Å². The summed E-state index contributed by atoms with van der Waals surface area (Å²) in [5, 5.41) is 0. The first-order valence-electron chi connectivity index (χ1n) is 30.5. The Hall–Kier alpha value is -2.37. The second kappa shape index (κ2) is 58.2. The van der Waals surface area contributed by atoms with Gasteiger partial charge in [-0.2, -0.15) is 0 Å². The molecule has 69 heavy (non-hydrogen) atoms. The van der Waals surface area contributed by atoms with Crippen LogP contribution in [0.2, 0.25) is 0 Å². The highest BCUT2D eigenvalue weighted by Gasteiger charge is 2.19. The minimum absolute atomic E-state index is 0.0753. The molecule has 0 aliphatic heterocycles. The third kappa shape index (κ3) is 56.4. The molecule has 0 aromatic rings. The van der Waals surface area contributed by atoms with Gasteiger partial charge in [0.05, 0.1) is 0 Å². The van der Waals surface area contributed by atoms with Gasteiger partial charge in [0.1, 0.15) is 13.2 Å². The highest BCUT2D eigenvalue weighted by molar-refractivity contribution is 5.71. The van der Waals surface area contributed by atoms with E-state index in [2.05, 4.69) is 57.2 Å². The van der Waals surface area contributed by atoms with Crippen LogP contribution in [-0.2, 0) is 28.6 Å². The smallest absolute Gasteiger partial charge is 0.306 e. The summed E-state index contributed by atoms with van der Waals surface area (Å²) in [6.45, 7) is 6.51. The van der Waals surface area contributed by atoms with E-state index in [1.54, 1.807) is 0 Å². The van der Waals surface area contributed by atoms with E-state index in [-0.39, 0.29) is 31.1 Å². The van der Waals surface area contributed by atoms with Gasteiger partial charge in [-0.05, 0) is 51.4 Å². The first-order valence-corrected chi connectivity index (χ1v) is 30.5. The summed E-state index contributed by atoms with van der Waals surface area (Å²) in [4.78, 5) is 37.9. The topological polar surface area (TPSA) is 78.9 Å². The minimum Gasteiger partial charge on any atom is -0.462 e. The number of hydrogen-bond donors (Lipinski definition) is 0. The highest BCUT2D eigenvalue weighted by Crippen LogP contribution is 2.18. The van der Waals surface area contributed by atoms with Crippen molar-refractivity contribution in [2.45, 2.75) is 335 Å². The quantitative estimate of drug-likeness (QED) is 0.0261. The van der Waals surface area contributed by atoms with Crippen LogP contribution in [0.15, 0.2) is 36.5 Å². The maximum atomic E-state index is 12.8. The summed E-state index contributed by atoms with van der Waals surface area (Å²) < 4.78 is 16.8. The lowest BCUT2D eigenvalue weighted by Gasteiger charge is -2.18. The molecule has 0 saturated carbocycles. The zero-order valence-electron chi connectivity index (χ0n) is 46.3. The number of ether oxygens (including phenoxy) is 3. The van der Waals surface area contributed by atoms with Gasteiger partial charge in [0.2, 0.25) is 0 Å². The SMILES string of the molecule is CC/C=C\C/C=C\C/C=C\CCCCCCCC(=O)OC(COC(=O)CCCCCCCCC)COC(=O)CCCCCCCCCCCCCCCCCCCCCCCCCCCCCCC. The van der Waals surface area contributed by atoms with E-state index in [9.17, 15) is 14.4 Å². The molecule has 0 N–H and O–H groups in total. The highest BCUT2D eigenvalue weighted by atomic mass is 16.6. The first kappa shape index (κ1) is 66.6. The van der Waals surface area contributed by atoms with Gasteiger partial charge in [0.15, 0.2) is 6.10 Å². The van der Waals surface area contributed by atoms with E-state index < -0.39 is 6.10 Å². The number of hydrogen-bond acceptors (Lipinski definition) is 6. The number of allylic oxidation sites excluding steroid dienone is 6. The Kier molecular flexibility index (Phi) is 56.2. The summed E-state index contributed by atoms with van der Waals surface area (Å²) in [5.74, 6) is -0.883. The second-order valence-corrected chi connectivity index (χ2v) is 20.6. The third-order valence-electron chi connectivity index (χ3n) is 13.7. The van der Waals surface area contributed by atoms with Crippen LogP contribution in [0.25, 0.3) is 0 Å². The number of carbonyl (C=O) groups is 3. The van der Waals surface area contributed by atoms with Crippen molar-refractivity contribution in [1.82, 2.24) is 0 Å². The van der Waals surface area contributed by atoms with E-state index >= 15 is 0 Å². The van der Waals surface area contributed by atoms with Crippen LogP contribution >= 0.6 is 0 Å². The van der Waals surface area contributed by atoms with Crippen molar-refractivity contribution in [3.8, 4) is 0 Å². The standard InChI is InChI=1S/C63H116O6/c1-4-7-10-13-16-18-20-22-24-25-26-27-28-29-30-31-32-33-34-35-36-37-39-40-42-44-47-50-53-56-62(65)68-59-60(58-67-61(64)55-52-49-46-15-12-9-6-3)69-63(66)57-54-51-48-45-43-41-38-23-21-19-17-14-11-8-5-2/h8,11,17,19,23,38,60H,4-7,9-10,12-16,18,20-22,24-37,39-59H2,1-3H3/b11-8-,19-17-,38-23-. The molecule has 0 fully saturated rings. The van der Waals surface area contributed by atoms with Gasteiger partial charge in [0.25, 0.3) is 0 Å². The Morgan fingerprint density at radius 1 is 0.304 bits per heavy atom. The van der Waals surface area contributed by atoms with Crippen LogP contribution in [0.3, 0.4) is 0 Å². The van der Waals surface area contributed by atoms with Crippen molar-refractivity contribution in [3.05, 3.63) is 36.5 Å². The van der Waals surface area contributed by atoms with Gasteiger partial charge in [-0.3, -0.25) is 14.4 Å². The Morgan fingerprint density at radius 3 is 0.884 bits per heavy atom. The Labute approximate surface area is 429 Å². The minimum atomic E-state index is -0.776. The van der Waals surface area contributed by atoms with E-state index in [0.717, 1.165) is 96.3 Å². The summed E-state index contributed by atoms with van der Waals surface area (Å²) in [7, 11) is 0. The van der Waals surface area contributed by atoms with Crippen LogP contribution in [0.1, 0.15) is 329 Å². The lowest BCUT2D eigenvalue weighted by atomic mass is 10.0. The Bertz CT molecular complexity index is 1160. The number of unbranched alkanes of at least 4 members (excludes halogenated alkanes) is 39. The van der Waals surface area contributed by atoms with Gasteiger partial charge >= 0.3 is 17.9 Å². The van der Waals surface area contributed by atoms with Crippen LogP contribution < -0.4 is 0 Å². The maximum absolute atomic E-state index is 12.8. The molecule has 0 radical (unpaired) electrons. The molecule has 0 saturated heterocycles. The molecule has 0 aromatic carbocycles. The van der Waals surface area contributed by atoms with Crippen LogP contribution in [0.4, 0.5) is 0 Å². The van der Waals surface area contributed by atoms with Crippen molar-refractivity contribution in [2.75, 3.05) is 13.2 Å². The molecule has 0 aromatic heterocycles. The fourth-order valence-corrected chi connectivity index (χ4v) is 9.11. The average molecular weight is 970 g/mol. The fourth-order valence-electron chi connectivity index (χ4n) is 9.11. The molecule has 0 aliphatic carbocycles. The summed E-state index contributed by atoms with van der Waals surface area (Å²) in [6, 6.07) is 0. The largest absolute Gasteiger partial charge is 0.462 e. The van der Waals surface area contributed by atoms with Crippen molar-refractivity contribution < 1.29 is 28.6 Å². The average Bonchev–Trinajstić information content (AvgIpc) is 3.35. The molecule has 0 rings (SSSR count). The predicted molar refractivity (Wildman–Crippen MR) is 298 cm³/mol. The van der Waals surface area contributed by atoms with Crippen molar-refractivity contribution >= 4 is 17.9 Å². The number of carbonyl (C=O) groups excluding carboxylic acids is 3. The second-order valence-electron chi connectivity index (χ2n) is 20.6. The molecular formula is C63H116O6. The lowest BCUT2D eigenvalue weighted by molar-refractivity contribution is -0.167. The van der Waals surface area contributed by atoms with Gasteiger partial charge in [-0.25, -0.2) is 0 Å². The predicted octanol–water partition coefficient (Wildman–Crippen LogP) is 20.4. The van der Waals surface area contributed by atoms with Gasteiger partial charge in [-0.15, -0.1) is 0 Å². The summed E-state index contributed by atoms with van der Waals surface area (Å²) in [6.07, 6.45) is 70.5. The molecule has 404 valence electrons. The van der Waals surface area contributed by atoms with Gasteiger partial charge < -0.3 is 14.2 Å². The lowest BCUT2D eigenvalue weighted by Crippen LogP contribution is -2.30. The molecule has 6 heteroatoms. The first-order chi connectivity index (χ1) is 34.0. The van der Waals surface area contributed by atoms with Crippen molar-refractivity contribution in [3.63, 3.8) is 0 Å². The molecule has 0 amide bonds. The number of esters is 3. The van der Waals surface area contributed by atoms with Gasteiger partial charge in [0, 0.05) is 19.3 Å². The van der Waals surface area contributed by atoms with Crippen LogP contribution in [-0.4, -0.2) is 37.2 Å². The summed E-state index contributed by atoms with van der Waals surface area (Å²) in [5.41, 5.74) is 0. The zero-order chi connectivity index (χ0) is 50.0. The molecule has 0 bridgehead atoms. The van der Waals surface area contributed by atoms with Crippen molar-refractivity contribution in [1.29, 1.82) is 0 Å². The molecule has 0 spiro atoms. The summed E-state index contributed by atoms with van der Waals surface area (Å²) >= 11 is 0. The third-order valence-corrected chi connectivity index (χ3v) is 13.7. The van der Waals surface area contributed by atoms with Crippen LogP contribution in [0.5, 0.6) is 0 Å². The fraction of sp³-hybridized carbons (Fsp3) is 0.857. The Balaban J connectivity index is 4.01. The zero-order valence-corrected chi connectivity index (χ0v) is 46.3. The number of rotatable bonds is 56. The normalized spacial score (nSPS) is 12.2. The van der Waals surface area contributed by atoms with Crippen molar-refractivity contribution in [2.24, 2.45) is 0 Å². The molecule has 6 nitrogen and oxygen atoms in total. The molecule has 0 aliphatic rings. The van der Waals surface area contributed by atoms with E-state index in [1.165, 1.54) is 193 Å². The molecule has 1 unspecified atom stereocenters. The molecular weight excluding hydrogens is 853 g/mol.